The molecule has 0 bridgehead atoms. The van der Waals surface area contributed by atoms with Crippen LogP contribution in [-0.4, -0.2) is 29.3 Å². The van der Waals surface area contributed by atoms with Crippen LogP contribution in [0.1, 0.15) is 53.9 Å². The van der Waals surface area contributed by atoms with E-state index in [4.69, 9.17) is 18.7 Å². The minimum Gasteiger partial charge on any atom is -0.493 e. The summed E-state index contributed by atoms with van der Waals surface area (Å²) >= 11 is 0. The summed E-state index contributed by atoms with van der Waals surface area (Å²) in [7, 11) is 1.55. The molecule has 0 unspecified atom stereocenters. The largest absolute Gasteiger partial charge is 0.493 e. The molecule has 162 valence electrons. The molecule has 0 saturated heterocycles. The highest BCUT2D eigenvalue weighted by atomic mass is 16.5. The highest BCUT2D eigenvalue weighted by Crippen LogP contribution is 2.36. The van der Waals surface area contributed by atoms with Gasteiger partial charge in [-0.15, -0.1) is 0 Å². The topological polar surface area (TPSA) is 83.7 Å². The van der Waals surface area contributed by atoms with Gasteiger partial charge in [-0.2, -0.15) is 4.98 Å². The van der Waals surface area contributed by atoms with E-state index in [0.717, 1.165) is 31.2 Å². The lowest BCUT2D eigenvalue weighted by molar-refractivity contribution is 0.0211. The van der Waals surface area contributed by atoms with Crippen LogP contribution in [0.3, 0.4) is 0 Å². The van der Waals surface area contributed by atoms with Gasteiger partial charge in [0.1, 0.15) is 12.7 Å². The van der Waals surface area contributed by atoms with Crippen LogP contribution < -0.4 is 9.47 Å². The SMILES string of the molecule is COc1cc(-c2noc(C)n2)c(C(=O)OC2CCCCC2)cc1OCc1ccccc1. The van der Waals surface area contributed by atoms with Crippen molar-refractivity contribution in [1.82, 2.24) is 10.1 Å². The first-order chi connectivity index (χ1) is 15.1. The van der Waals surface area contributed by atoms with E-state index in [2.05, 4.69) is 10.1 Å². The van der Waals surface area contributed by atoms with Crippen LogP contribution in [0, 0.1) is 6.92 Å². The van der Waals surface area contributed by atoms with Gasteiger partial charge >= 0.3 is 5.97 Å². The Morgan fingerprint density at radius 1 is 1.10 bits per heavy atom. The number of hydrogen-bond donors (Lipinski definition) is 0. The number of nitrogens with zero attached hydrogens (tertiary/aromatic N) is 2. The molecule has 4 rings (SSSR count). The monoisotopic (exact) mass is 422 g/mol. The summed E-state index contributed by atoms with van der Waals surface area (Å²) < 4.78 is 22.5. The van der Waals surface area contributed by atoms with E-state index in [1.54, 1.807) is 26.2 Å². The molecule has 0 N–H and O–H groups in total. The molecule has 0 amide bonds. The van der Waals surface area contributed by atoms with Crippen LogP contribution in [-0.2, 0) is 11.3 Å². The van der Waals surface area contributed by atoms with Gasteiger partial charge in [0.05, 0.1) is 12.7 Å². The lowest BCUT2D eigenvalue weighted by Crippen LogP contribution is -2.21. The van der Waals surface area contributed by atoms with Crippen molar-refractivity contribution in [3.05, 3.63) is 59.5 Å². The highest BCUT2D eigenvalue weighted by molar-refractivity contribution is 5.97. The van der Waals surface area contributed by atoms with Gasteiger partial charge in [0.2, 0.25) is 11.7 Å². The second kappa shape index (κ2) is 9.64. The van der Waals surface area contributed by atoms with E-state index in [9.17, 15) is 4.79 Å². The van der Waals surface area contributed by atoms with E-state index in [-0.39, 0.29) is 6.10 Å². The maximum atomic E-state index is 13.1. The van der Waals surface area contributed by atoms with Crippen LogP contribution in [0.15, 0.2) is 47.0 Å². The number of aryl methyl sites for hydroxylation is 1. The molecule has 1 heterocycles. The van der Waals surface area contributed by atoms with Gasteiger partial charge in [0.25, 0.3) is 0 Å². The van der Waals surface area contributed by atoms with Crippen molar-refractivity contribution >= 4 is 5.97 Å². The van der Waals surface area contributed by atoms with E-state index < -0.39 is 5.97 Å². The van der Waals surface area contributed by atoms with Crippen molar-refractivity contribution in [2.24, 2.45) is 0 Å². The predicted molar refractivity (Wildman–Crippen MR) is 114 cm³/mol. The number of carbonyl (C=O) groups excluding carboxylic acids is 1. The molecule has 0 aliphatic heterocycles. The third-order valence-corrected chi connectivity index (χ3v) is 5.36. The standard InChI is InChI=1S/C24H26N2O5/c1-16-25-23(26-31-16)19-13-21(28-2)22(29-15-17-9-5-3-6-10-17)14-20(19)24(27)30-18-11-7-4-8-12-18/h3,5-6,9-10,13-14,18H,4,7-8,11-12,15H2,1-2H3. The van der Waals surface area contributed by atoms with Crippen molar-refractivity contribution in [3.63, 3.8) is 0 Å². The predicted octanol–water partition coefficient (Wildman–Crippen LogP) is 5.12. The molecule has 1 aromatic heterocycles. The Morgan fingerprint density at radius 3 is 2.55 bits per heavy atom. The summed E-state index contributed by atoms with van der Waals surface area (Å²) in [5.41, 5.74) is 1.82. The lowest BCUT2D eigenvalue weighted by atomic mass is 9.97. The Morgan fingerprint density at radius 2 is 1.87 bits per heavy atom. The van der Waals surface area contributed by atoms with Gasteiger partial charge in [-0.1, -0.05) is 41.9 Å². The first kappa shape index (κ1) is 20.9. The molecule has 0 radical (unpaired) electrons. The Balaban J connectivity index is 1.67. The Hall–Kier alpha value is -3.35. The quantitative estimate of drug-likeness (QED) is 0.489. The Bertz CT molecular complexity index is 1030. The van der Waals surface area contributed by atoms with Crippen molar-refractivity contribution in [1.29, 1.82) is 0 Å². The zero-order valence-corrected chi connectivity index (χ0v) is 17.8. The molecule has 1 aliphatic carbocycles. The number of hydrogen-bond acceptors (Lipinski definition) is 7. The van der Waals surface area contributed by atoms with E-state index in [0.29, 0.717) is 40.9 Å². The number of rotatable bonds is 7. The Labute approximate surface area is 181 Å². The third kappa shape index (κ3) is 5.05. The molecule has 0 spiro atoms. The lowest BCUT2D eigenvalue weighted by Gasteiger charge is -2.22. The van der Waals surface area contributed by atoms with Crippen LogP contribution in [0.4, 0.5) is 0 Å². The fourth-order valence-corrected chi connectivity index (χ4v) is 3.73. The van der Waals surface area contributed by atoms with Crippen LogP contribution in [0.2, 0.25) is 0 Å². The van der Waals surface area contributed by atoms with Gasteiger partial charge < -0.3 is 18.7 Å². The maximum absolute atomic E-state index is 13.1. The Kier molecular flexibility index (Phi) is 6.50. The van der Waals surface area contributed by atoms with Crippen LogP contribution in [0.5, 0.6) is 11.5 Å². The number of methoxy groups -OCH3 is 1. The smallest absolute Gasteiger partial charge is 0.339 e. The number of aromatic nitrogens is 2. The summed E-state index contributed by atoms with van der Waals surface area (Å²) in [6, 6.07) is 13.1. The second-order valence-electron chi connectivity index (χ2n) is 7.63. The van der Waals surface area contributed by atoms with E-state index in [1.807, 2.05) is 30.3 Å². The van der Waals surface area contributed by atoms with Gasteiger partial charge in [-0.25, -0.2) is 4.79 Å². The van der Waals surface area contributed by atoms with Gasteiger partial charge in [0, 0.05) is 12.5 Å². The summed E-state index contributed by atoms with van der Waals surface area (Å²) in [6.45, 7) is 2.04. The van der Waals surface area contributed by atoms with Crippen LogP contribution in [0.25, 0.3) is 11.4 Å². The van der Waals surface area contributed by atoms with Crippen molar-refractivity contribution < 1.29 is 23.5 Å². The molecule has 3 aromatic rings. The molecule has 7 nitrogen and oxygen atoms in total. The van der Waals surface area contributed by atoms with Crippen molar-refractivity contribution in [2.45, 2.75) is 51.7 Å². The maximum Gasteiger partial charge on any atom is 0.339 e. The fraction of sp³-hybridized carbons (Fsp3) is 0.375. The highest BCUT2D eigenvalue weighted by Gasteiger charge is 2.25. The molecule has 31 heavy (non-hydrogen) atoms. The zero-order chi connectivity index (χ0) is 21.6. The van der Waals surface area contributed by atoms with Gasteiger partial charge in [-0.05, 0) is 43.4 Å². The van der Waals surface area contributed by atoms with E-state index in [1.165, 1.54) is 6.42 Å². The number of esters is 1. The van der Waals surface area contributed by atoms with Gasteiger partial charge in [0.15, 0.2) is 11.5 Å². The average Bonchev–Trinajstić information content (AvgIpc) is 3.24. The van der Waals surface area contributed by atoms with Crippen LogP contribution >= 0.6 is 0 Å². The summed E-state index contributed by atoms with van der Waals surface area (Å²) in [5, 5.41) is 3.98. The third-order valence-electron chi connectivity index (χ3n) is 5.36. The van der Waals surface area contributed by atoms with Gasteiger partial charge in [-0.3, -0.25) is 0 Å². The van der Waals surface area contributed by atoms with E-state index >= 15 is 0 Å². The molecule has 0 atom stereocenters. The van der Waals surface area contributed by atoms with Crippen molar-refractivity contribution in [3.8, 4) is 22.9 Å². The first-order valence-electron chi connectivity index (χ1n) is 10.5. The zero-order valence-electron chi connectivity index (χ0n) is 17.8. The summed E-state index contributed by atoms with van der Waals surface area (Å²) in [6.07, 6.45) is 5.02. The number of benzene rings is 2. The fourth-order valence-electron chi connectivity index (χ4n) is 3.73. The summed E-state index contributed by atoms with van der Waals surface area (Å²) in [5.74, 6) is 1.22. The molecule has 1 aliphatic rings. The second-order valence-corrected chi connectivity index (χ2v) is 7.63. The molecular formula is C24H26N2O5. The average molecular weight is 422 g/mol. The normalized spacial score (nSPS) is 14.3. The number of ether oxygens (including phenoxy) is 3. The first-order valence-corrected chi connectivity index (χ1v) is 10.5. The molecule has 7 heteroatoms. The molecular weight excluding hydrogens is 396 g/mol. The molecule has 1 fully saturated rings. The summed E-state index contributed by atoms with van der Waals surface area (Å²) in [4.78, 5) is 17.4. The molecule has 1 saturated carbocycles. The molecule has 2 aromatic carbocycles. The number of carbonyl (C=O) groups is 1. The minimum atomic E-state index is -0.420. The minimum absolute atomic E-state index is 0.0723. The van der Waals surface area contributed by atoms with Crippen molar-refractivity contribution in [2.75, 3.05) is 7.11 Å².